The normalized spacial score (nSPS) is 16.7. The lowest BCUT2D eigenvalue weighted by atomic mass is 10.1. The number of rotatable bonds is 7. The number of tetrazole rings is 1. The van der Waals surface area contributed by atoms with Gasteiger partial charge in [0.25, 0.3) is 0 Å². The van der Waals surface area contributed by atoms with Gasteiger partial charge in [-0.2, -0.15) is 0 Å². The van der Waals surface area contributed by atoms with E-state index in [-0.39, 0.29) is 19.0 Å². The van der Waals surface area contributed by atoms with E-state index in [4.69, 9.17) is 0 Å². The number of amides is 1. The number of benzene rings is 1. The number of likely N-dealkylation sites (tertiary alicyclic amines) is 1. The van der Waals surface area contributed by atoms with Gasteiger partial charge in [0.1, 0.15) is 6.54 Å². The molecule has 0 aliphatic carbocycles. The van der Waals surface area contributed by atoms with Crippen LogP contribution >= 0.6 is 0 Å². The van der Waals surface area contributed by atoms with E-state index in [2.05, 4.69) is 20.4 Å². The number of aromatic nitrogens is 4. The van der Waals surface area contributed by atoms with Crippen molar-refractivity contribution in [3.05, 3.63) is 41.7 Å². The molecule has 1 N–H and O–H groups in total. The molecule has 1 atom stereocenters. The van der Waals surface area contributed by atoms with Gasteiger partial charge in [-0.15, -0.1) is 5.10 Å². The summed E-state index contributed by atoms with van der Waals surface area (Å²) in [7, 11) is 1.69. The Labute approximate surface area is 159 Å². The molecule has 0 spiro atoms. The van der Waals surface area contributed by atoms with E-state index in [0.717, 1.165) is 18.7 Å². The van der Waals surface area contributed by atoms with Crippen LogP contribution < -0.4 is 0 Å². The fourth-order valence-electron chi connectivity index (χ4n) is 3.34. The van der Waals surface area contributed by atoms with Crippen LogP contribution in [0.5, 0.6) is 0 Å². The van der Waals surface area contributed by atoms with Crippen LogP contribution in [0, 0.1) is 0 Å². The first-order chi connectivity index (χ1) is 13.1. The Morgan fingerprint density at radius 3 is 2.59 bits per heavy atom. The highest BCUT2D eigenvalue weighted by Crippen LogP contribution is 2.14. The Morgan fingerprint density at radius 2 is 1.89 bits per heavy atom. The summed E-state index contributed by atoms with van der Waals surface area (Å²) in [4.78, 5) is 16.4. The molecule has 8 nitrogen and oxygen atoms in total. The van der Waals surface area contributed by atoms with Crippen molar-refractivity contribution < 1.29 is 9.90 Å². The molecule has 0 saturated carbocycles. The minimum atomic E-state index is -0.717. The maximum atomic E-state index is 12.6. The molecular weight excluding hydrogens is 344 g/mol. The molecule has 2 heterocycles. The number of likely N-dealkylation sites (N-methyl/N-ethyl adjacent to an activating group) is 1. The van der Waals surface area contributed by atoms with Gasteiger partial charge >= 0.3 is 0 Å². The van der Waals surface area contributed by atoms with Crippen molar-refractivity contribution in [2.24, 2.45) is 0 Å². The summed E-state index contributed by atoms with van der Waals surface area (Å²) in [5.74, 6) is 0.580. The maximum Gasteiger partial charge on any atom is 0.244 e. The minimum Gasteiger partial charge on any atom is -0.387 e. The van der Waals surface area contributed by atoms with Gasteiger partial charge < -0.3 is 10.0 Å². The van der Waals surface area contributed by atoms with Crippen molar-refractivity contribution in [1.82, 2.24) is 30.0 Å². The number of aliphatic hydroxyl groups excluding tert-OH is 1. The van der Waals surface area contributed by atoms with Crippen molar-refractivity contribution in [2.75, 3.05) is 26.7 Å². The SMILES string of the molecule is CN(CC(O)c1ccccc1)C(=O)Cn1nnnc1CN1CCCCCC1. The van der Waals surface area contributed by atoms with E-state index < -0.39 is 6.10 Å². The molecule has 1 unspecified atom stereocenters. The second-order valence-corrected chi connectivity index (χ2v) is 7.14. The molecule has 0 bridgehead atoms. The fraction of sp³-hybridized carbons (Fsp3) is 0.579. The second kappa shape index (κ2) is 9.57. The Hall–Kier alpha value is -2.32. The molecule has 1 fully saturated rings. The van der Waals surface area contributed by atoms with Crippen LogP contribution in [0.2, 0.25) is 0 Å². The lowest BCUT2D eigenvalue weighted by molar-refractivity contribution is -0.132. The van der Waals surface area contributed by atoms with Crippen molar-refractivity contribution in [3.8, 4) is 0 Å². The number of hydrogen-bond donors (Lipinski definition) is 1. The highest BCUT2D eigenvalue weighted by molar-refractivity contribution is 5.75. The molecule has 1 aromatic carbocycles. The summed E-state index contributed by atoms with van der Waals surface area (Å²) >= 11 is 0. The molecule has 146 valence electrons. The maximum absolute atomic E-state index is 12.6. The molecule has 1 aliphatic rings. The van der Waals surface area contributed by atoms with Gasteiger partial charge in [-0.25, -0.2) is 4.68 Å². The average Bonchev–Trinajstić information content (AvgIpc) is 2.94. The van der Waals surface area contributed by atoms with Gasteiger partial charge in [0.15, 0.2) is 5.82 Å². The summed E-state index contributed by atoms with van der Waals surface area (Å²) < 4.78 is 1.57. The lowest BCUT2D eigenvalue weighted by Crippen LogP contribution is -2.35. The summed E-state index contributed by atoms with van der Waals surface area (Å²) in [5, 5.41) is 22.1. The van der Waals surface area contributed by atoms with E-state index in [1.807, 2.05) is 30.3 Å². The van der Waals surface area contributed by atoms with Crippen LogP contribution in [0.4, 0.5) is 0 Å². The molecule has 1 aromatic heterocycles. The molecule has 27 heavy (non-hydrogen) atoms. The van der Waals surface area contributed by atoms with Crippen LogP contribution in [0.25, 0.3) is 0 Å². The van der Waals surface area contributed by atoms with E-state index in [1.165, 1.54) is 30.6 Å². The largest absolute Gasteiger partial charge is 0.387 e. The quantitative estimate of drug-likeness (QED) is 0.787. The Kier molecular flexibility index (Phi) is 6.89. The van der Waals surface area contributed by atoms with Gasteiger partial charge in [-0.05, 0) is 41.9 Å². The van der Waals surface area contributed by atoms with Crippen LogP contribution in [-0.4, -0.2) is 67.7 Å². The Balaban J connectivity index is 1.55. The number of aliphatic hydroxyl groups is 1. The summed E-state index contributed by atoms with van der Waals surface area (Å²) in [6.45, 7) is 3.06. The average molecular weight is 372 g/mol. The van der Waals surface area contributed by atoms with E-state index >= 15 is 0 Å². The first-order valence-electron chi connectivity index (χ1n) is 9.58. The predicted molar refractivity (Wildman–Crippen MR) is 101 cm³/mol. The van der Waals surface area contributed by atoms with Crippen LogP contribution in [0.3, 0.4) is 0 Å². The Bertz CT molecular complexity index is 712. The van der Waals surface area contributed by atoms with Crippen molar-refractivity contribution in [1.29, 1.82) is 0 Å². The molecule has 8 heteroatoms. The Morgan fingerprint density at radius 1 is 1.19 bits per heavy atom. The van der Waals surface area contributed by atoms with Crippen LogP contribution in [-0.2, 0) is 17.9 Å². The molecule has 1 amide bonds. The summed E-state index contributed by atoms with van der Waals surface area (Å²) in [6.07, 6.45) is 4.22. The van der Waals surface area contributed by atoms with Crippen LogP contribution in [0.15, 0.2) is 30.3 Å². The van der Waals surface area contributed by atoms with Crippen molar-refractivity contribution in [2.45, 2.75) is 44.9 Å². The lowest BCUT2D eigenvalue weighted by Gasteiger charge is -2.22. The van der Waals surface area contributed by atoms with Crippen LogP contribution in [0.1, 0.15) is 43.2 Å². The van der Waals surface area contributed by atoms with Gasteiger partial charge in [0.2, 0.25) is 5.91 Å². The first kappa shape index (κ1) is 19.4. The molecular formula is C19H28N6O2. The number of hydrogen-bond acceptors (Lipinski definition) is 6. The van der Waals surface area contributed by atoms with Crippen molar-refractivity contribution >= 4 is 5.91 Å². The monoisotopic (exact) mass is 372 g/mol. The third-order valence-electron chi connectivity index (χ3n) is 5.01. The van der Waals surface area contributed by atoms with Gasteiger partial charge in [0, 0.05) is 7.05 Å². The minimum absolute atomic E-state index is 0.0776. The first-order valence-corrected chi connectivity index (χ1v) is 9.58. The third kappa shape index (κ3) is 5.58. The summed E-state index contributed by atoms with van der Waals surface area (Å²) in [6, 6.07) is 9.34. The van der Waals surface area contributed by atoms with Crippen molar-refractivity contribution in [3.63, 3.8) is 0 Å². The second-order valence-electron chi connectivity index (χ2n) is 7.14. The van der Waals surface area contributed by atoms with E-state index in [1.54, 1.807) is 11.7 Å². The smallest absolute Gasteiger partial charge is 0.244 e. The van der Waals surface area contributed by atoms with Gasteiger partial charge in [0.05, 0.1) is 19.2 Å². The number of carbonyl (C=O) groups is 1. The van der Waals surface area contributed by atoms with Gasteiger partial charge in [-0.1, -0.05) is 43.2 Å². The highest BCUT2D eigenvalue weighted by atomic mass is 16.3. The van der Waals surface area contributed by atoms with Gasteiger partial charge in [-0.3, -0.25) is 9.69 Å². The highest BCUT2D eigenvalue weighted by Gasteiger charge is 2.19. The molecule has 3 rings (SSSR count). The number of carbonyl (C=O) groups excluding carboxylic acids is 1. The molecule has 2 aromatic rings. The zero-order valence-electron chi connectivity index (χ0n) is 15.9. The molecule has 1 saturated heterocycles. The van der Waals surface area contributed by atoms with E-state index in [0.29, 0.717) is 12.4 Å². The standard InChI is InChI=1S/C19H28N6O2/c1-23(13-17(26)16-9-5-4-6-10-16)19(27)15-25-18(20-21-22-25)14-24-11-7-2-3-8-12-24/h4-6,9-10,17,26H,2-3,7-8,11-15H2,1H3. The third-order valence-corrected chi connectivity index (χ3v) is 5.01. The number of nitrogens with zero attached hydrogens (tertiary/aromatic N) is 6. The fourth-order valence-corrected chi connectivity index (χ4v) is 3.34. The predicted octanol–water partition coefficient (Wildman–Crippen LogP) is 1.24. The summed E-state index contributed by atoms with van der Waals surface area (Å²) in [5.41, 5.74) is 0.793. The zero-order valence-corrected chi connectivity index (χ0v) is 15.9. The topological polar surface area (TPSA) is 87.4 Å². The zero-order chi connectivity index (χ0) is 19.1. The van der Waals surface area contributed by atoms with E-state index in [9.17, 15) is 9.90 Å². The molecule has 0 radical (unpaired) electrons. The molecule has 1 aliphatic heterocycles.